The smallest absolute Gasteiger partial charge is 0.416 e. The average Bonchev–Trinajstić information content (AvgIpc) is 3.27. The van der Waals surface area contributed by atoms with Crippen LogP contribution in [0.5, 0.6) is 0 Å². The summed E-state index contributed by atoms with van der Waals surface area (Å²) in [5.74, 6) is 0.260. The summed E-state index contributed by atoms with van der Waals surface area (Å²) >= 11 is 0. The van der Waals surface area contributed by atoms with Gasteiger partial charge in [-0.25, -0.2) is 4.79 Å². The fourth-order valence-corrected chi connectivity index (χ4v) is 2.82. The Bertz CT molecular complexity index is 603. The molecular formula is C18H24F3NO2. The molecule has 0 radical (unpaired) electrons. The molecule has 0 bridgehead atoms. The van der Waals surface area contributed by atoms with Crippen molar-refractivity contribution in [2.75, 3.05) is 6.54 Å². The highest BCUT2D eigenvalue weighted by atomic mass is 19.4. The Kier molecular flexibility index (Phi) is 4.88. The number of alkyl halides is 3. The van der Waals surface area contributed by atoms with Crippen LogP contribution in [0.1, 0.15) is 51.7 Å². The first-order chi connectivity index (χ1) is 10.9. The number of ether oxygens (including phenoxy) is 1. The molecule has 24 heavy (non-hydrogen) atoms. The summed E-state index contributed by atoms with van der Waals surface area (Å²) in [6.45, 7) is 7.43. The Morgan fingerprint density at radius 2 is 1.75 bits per heavy atom. The number of hydrogen-bond donors (Lipinski definition) is 1. The van der Waals surface area contributed by atoms with Gasteiger partial charge in [0.15, 0.2) is 0 Å². The molecular weight excluding hydrogens is 319 g/mol. The van der Waals surface area contributed by atoms with Gasteiger partial charge in [0.05, 0.1) is 5.56 Å². The molecule has 3 nitrogen and oxygen atoms in total. The van der Waals surface area contributed by atoms with Gasteiger partial charge < -0.3 is 10.1 Å². The van der Waals surface area contributed by atoms with E-state index in [4.69, 9.17) is 4.74 Å². The summed E-state index contributed by atoms with van der Waals surface area (Å²) in [4.78, 5) is 11.9. The van der Waals surface area contributed by atoms with E-state index < -0.39 is 28.8 Å². The fourth-order valence-electron chi connectivity index (χ4n) is 2.82. The Morgan fingerprint density at radius 1 is 1.17 bits per heavy atom. The Hall–Kier alpha value is -1.72. The molecule has 0 heterocycles. The predicted octanol–water partition coefficient (Wildman–Crippen LogP) is 4.90. The van der Waals surface area contributed by atoms with E-state index in [9.17, 15) is 18.0 Å². The average molecular weight is 343 g/mol. The third-order valence-corrected chi connectivity index (χ3v) is 4.33. The number of hydrogen-bond acceptors (Lipinski definition) is 2. The first-order valence-corrected chi connectivity index (χ1v) is 8.06. The van der Waals surface area contributed by atoms with Crippen LogP contribution in [0, 0.1) is 5.92 Å². The van der Waals surface area contributed by atoms with E-state index >= 15 is 0 Å². The molecule has 134 valence electrons. The van der Waals surface area contributed by atoms with Crippen LogP contribution in [0.3, 0.4) is 0 Å². The van der Waals surface area contributed by atoms with E-state index in [0.29, 0.717) is 5.56 Å². The molecule has 0 aliphatic heterocycles. The van der Waals surface area contributed by atoms with Gasteiger partial charge in [0.2, 0.25) is 0 Å². The first kappa shape index (κ1) is 18.6. The predicted molar refractivity (Wildman–Crippen MR) is 85.8 cm³/mol. The van der Waals surface area contributed by atoms with Crippen LogP contribution in [0.4, 0.5) is 18.0 Å². The van der Waals surface area contributed by atoms with E-state index in [1.54, 1.807) is 26.8 Å². The lowest BCUT2D eigenvalue weighted by molar-refractivity contribution is -0.137. The minimum atomic E-state index is -4.38. The number of carbonyl (C=O) groups excluding carboxylic acids is 1. The molecule has 1 unspecified atom stereocenters. The van der Waals surface area contributed by atoms with Gasteiger partial charge in [-0.3, -0.25) is 0 Å². The normalized spacial score (nSPS) is 18.0. The second-order valence-electron chi connectivity index (χ2n) is 7.63. The second kappa shape index (κ2) is 6.30. The maximum Gasteiger partial charge on any atom is 0.416 e. The highest BCUT2D eigenvalue weighted by Gasteiger charge is 2.44. The molecule has 1 amide bonds. The number of nitrogens with one attached hydrogen (secondary N) is 1. The lowest BCUT2D eigenvalue weighted by atomic mass is 9.77. The van der Waals surface area contributed by atoms with Crippen LogP contribution in [-0.2, 0) is 16.3 Å². The minimum Gasteiger partial charge on any atom is -0.444 e. The lowest BCUT2D eigenvalue weighted by Gasteiger charge is -2.32. The monoisotopic (exact) mass is 343 g/mol. The van der Waals surface area contributed by atoms with E-state index in [1.165, 1.54) is 12.1 Å². The number of rotatable bonds is 4. The van der Waals surface area contributed by atoms with Crippen molar-refractivity contribution in [1.82, 2.24) is 5.32 Å². The number of alkyl carbamates (subject to hydrolysis) is 1. The van der Waals surface area contributed by atoms with Crippen molar-refractivity contribution in [2.45, 2.75) is 57.7 Å². The molecule has 1 N–H and O–H groups in total. The zero-order valence-electron chi connectivity index (χ0n) is 14.5. The molecule has 2 rings (SSSR count). The number of carbonyl (C=O) groups is 1. The van der Waals surface area contributed by atoms with Crippen molar-refractivity contribution < 1.29 is 22.7 Å². The Balaban J connectivity index is 2.18. The third-order valence-electron chi connectivity index (χ3n) is 4.33. The molecule has 0 spiro atoms. The van der Waals surface area contributed by atoms with Crippen molar-refractivity contribution in [3.8, 4) is 0 Å². The van der Waals surface area contributed by atoms with Gasteiger partial charge in [-0.15, -0.1) is 0 Å². The van der Waals surface area contributed by atoms with Crippen molar-refractivity contribution in [2.24, 2.45) is 5.92 Å². The summed E-state index contributed by atoms with van der Waals surface area (Å²) in [6.07, 6.45) is -3.04. The number of benzene rings is 1. The topological polar surface area (TPSA) is 38.3 Å². The largest absolute Gasteiger partial charge is 0.444 e. The van der Waals surface area contributed by atoms with E-state index in [1.807, 2.05) is 6.92 Å². The first-order valence-electron chi connectivity index (χ1n) is 8.06. The SMILES string of the molecule is CC(C)(C)OC(=O)NCC(C)(c1cccc(C(F)(F)F)c1)C1CC1. The van der Waals surface area contributed by atoms with Gasteiger partial charge in [-0.05, 0) is 51.2 Å². The van der Waals surface area contributed by atoms with Crippen LogP contribution >= 0.6 is 0 Å². The summed E-state index contributed by atoms with van der Waals surface area (Å²) in [7, 11) is 0. The van der Waals surface area contributed by atoms with Gasteiger partial charge in [0, 0.05) is 12.0 Å². The summed E-state index contributed by atoms with van der Waals surface area (Å²) < 4.78 is 44.2. The zero-order chi connectivity index (χ0) is 18.2. The van der Waals surface area contributed by atoms with Crippen molar-refractivity contribution >= 4 is 6.09 Å². The van der Waals surface area contributed by atoms with Crippen LogP contribution in [0.15, 0.2) is 24.3 Å². The molecule has 1 aromatic rings. The van der Waals surface area contributed by atoms with E-state index in [0.717, 1.165) is 18.9 Å². The summed E-state index contributed by atoms with van der Waals surface area (Å²) in [5.41, 5.74) is -1.23. The van der Waals surface area contributed by atoms with Crippen molar-refractivity contribution in [3.05, 3.63) is 35.4 Å². The quantitative estimate of drug-likeness (QED) is 0.844. The Morgan fingerprint density at radius 3 is 2.25 bits per heavy atom. The third kappa shape index (κ3) is 4.65. The fraction of sp³-hybridized carbons (Fsp3) is 0.611. The van der Waals surface area contributed by atoms with Crippen LogP contribution < -0.4 is 5.32 Å². The van der Waals surface area contributed by atoms with Crippen LogP contribution in [0.25, 0.3) is 0 Å². The van der Waals surface area contributed by atoms with Crippen molar-refractivity contribution in [1.29, 1.82) is 0 Å². The molecule has 1 fully saturated rings. The summed E-state index contributed by atoms with van der Waals surface area (Å²) in [6, 6.07) is 5.38. The number of amides is 1. The molecule has 1 aliphatic carbocycles. The number of halogens is 3. The van der Waals surface area contributed by atoms with Crippen LogP contribution in [0.2, 0.25) is 0 Å². The molecule has 1 atom stereocenters. The Labute approximate surface area is 140 Å². The molecule has 6 heteroatoms. The molecule has 1 aliphatic rings. The highest BCUT2D eigenvalue weighted by molar-refractivity contribution is 5.67. The minimum absolute atomic E-state index is 0.244. The van der Waals surface area contributed by atoms with Gasteiger partial charge >= 0.3 is 12.3 Å². The second-order valence-corrected chi connectivity index (χ2v) is 7.63. The van der Waals surface area contributed by atoms with Crippen molar-refractivity contribution in [3.63, 3.8) is 0 Å². The molecule has 1 saturated carbocycles. The van der Waals surface area contributed by atoms with Gasteiger partial charge in [-0.2, -0.15) is 13.2 Å². The van der Waals surface area contributed by atoms with Crippen LogP contribution in [-0.4, -0.2) is 18.2 Å². The maximum atomic E-state index is 13.0. The molecule has 0 aromatic heterocycles. The van der Waals surface area contributed by atoms with Gasteiger partial charge in [0.25, 0.3) is 0 Å². The van der Waals surface area contributed by atoms with Gasteiger partial charge in [0.1, 0.15) is 5.60 Å². The zero-order valence-corrected chi connectivity index (χ0v) is 14.5. The van der Waals surface area contributed by atoms with E-state index in [-0.39, 0.29) is 12.5 Å². The molecule has 1 aromatic carbocycles. The standard InChI is InChI=1S/C18H24F3NO2/c1-16(2,3)24-15(23)22-11-17(4,12-8-9-12)13-6-5-7-14(10-13)18(19,20)21/h5-7,10,12H,8-9,11H2,1-4H3,(H,22,23). The van der Waals surface area contributed by atoms with Gasteiger partial charge in [-0.1, -0.05) is 25.1 Å². The highest BCUT2D eigenvalue weighted by Crippen LogP contribution is 2.47. The lowest BCUT2D eigenvalue weighted by Crippen LogP contribution is -2.42. The maximum absolute atomic E-state index is 13.0. The molecule has 0 saturated heterocycles. The van der Waals surface area contributed by atoms with E-state index in [2.05, 4.69) is 5.32 Å². The summed E-state index contributed by atoms with van der Waals surface area (Å²) in [5, 5.41) is 2.72.